The predicted octanol–water partition coefficient (Wildman–Crippen LogP) is 1.62. The maximum atomic E-state index is 13.3. The first-order valence-corrected chi connectivity index (χ1v) is 11.1. The lowest BCUT2D eigenvalue weighted by atomic mass is 9.94. The van der Waals surface area contributed by atoms with Crippen molar-refractivity contribution < 1.29 is 14.3 Å². The Morgan fingerprint density at radius 2 is 1.71 bits per heavy atom. The summed E-state index contributed by atoms with van der Waals surface area (Å²) in [4.78, 5) is 32.6. The van der Waals surface area contributed by atoms with Crippen LogP contribution in [0.5, 0.6) is 0 Å². The third-order valence-corrected chi connectivity index (χ3v) is 6.52. The molecule has 4 heterocycles. The second-order valence-corrected chi connectivity index (χ2v) is 8.63. The van der Waals surface area contributed by atoms with Gasteiger partial charge in [-0.25, -0.2) is 0 Å². The highest BCUT2D eigenvalue weighted by atomic mass is 16.5. The van der Waals surface area contributed by atoms with Crippen molar-refractivity contribution in [3.05, 3.63) is 47.3 Å². The maximum Gasteiger partial charge on any atom is 0.254 e. The molecule has 2 saturated heterocycles. The van der Waals surface area contributed by atoms with Gasteiger partial charge in [0.25, 0.3) is 5.91 Å². The van der Waals surface area contributed by atoms with E-state index in [1.54, 1.807) is 9.58 Å². The molecule has 1 aromatic carbocycles. The fourth-order valence-corrected chi connectivity index (χ4v) is 4.87. The van der Waals surface area contributed by atoms with Gasteiger partial charge >= 0.3 is 0 Å². The zero-order chi connectivity index (χ0) is 21.4. The molecule has 8 heteroatoms. The maximum absolute atomic E-state index is 13.3. The first-order chi connectivity index (χ1) is 15.1. The molecule has 2 fully saturated rings. The Balaban J connectivity index is 1.36. The van der Waals surface area contributed by atoms with E-state index in [0.717, 1.165) is 24.3 Å². The third-order valence-electron chi connectivity index (χ3n) is 6.52. The minimum atomic E-state index is -0.434. The summed E-state index contributed by atoms with van der Waals surface area (Å²) in [5.41, 5.74) is 3.57. The highest BCUT2D eigenvalue weighted by Gasteiger charge is 2.37. The van der Waals surface area contributed by atoms with Crippen LogP contribution in [0.3, 0.4) is 0 Å². The zero-order valence-corrected chi connectivity index (χ0v) is 18.0. The minimum Gasteiger partial charge on any atom is -0.378 e. The van der Waals surface area contributed by atoms with Crippen molar-refractivity contribution in [2.75, 3.05) is 50.8 Å². The fourth-order valence-electron chi connectivity index (χ4n) is 4.87. The molecule has 0 unspecified atom stereocenters. The number of amides is 2. The highest BCUT2D eigenvalue weighted by molar-refractivity contribution is 5.95. The number of aryl methyl sites for hydroxylation is 1. The second-order valence-electron chi connectivity index (χ2n) is 8.63. The summed E-state index contributed by atoms with van der Waals surface area (Å²) >= 11 is 0. The number of aromatic nitrogens is 2. The molecule has 5 rings (SSSR count). The van der Waals surface area contributed by atoms with Gasteiger partial charge in [0.2, 0.25) is 5.91 Å². The lowest BCUT2D eigenvalue weighted by Gasteiger charge is -2.35. The molecule has 0 bridgehead atoms. The molecule has 0 aliphatic carbocycles. The molecule has 2 aromatic rings. The molecule has 1 aromatic heterocycles. The number of fused-ring (bicyclic) bond motifs is 1. The average molecular weight is 424 g/mol. The number of hydrogen-bond donors (Lipinski definition) is 0. The normalized spacial score (nSPS) is 21.3. The topological polar surface area (TPSA) is 70.9 Å². The van der Waals surface area contributed by atoms with E-state index in [1.165, 1.54) is 18.5 Å². The number of benzene rings is 1. The number of hydrogen-bond acceptors (Lipinski definition) is 5. The number of nitrogens with zero attached hydrogens (tertiary/aromatic N) is 5. The monoisotopic (exact) mass is 423 g/mol. The predicted molar refractivity (Wildman–Crippen MR) is 116 cm³/mol. The standard InChI is InChI=1S/C23H29N5O3/c1-25-14-18-15-28(16-20(21(18)24-25)23(30)27-10-12-31-13-11-27)22(29)17-4-6-19(7-5-17)26-8-2-3-9-26/h4-7,14,20H,2-3,8-13,15-16H2,1H3/t20-/m1/s1. The highest BCUT2D eigenvalue weighted by Crippen LogP contribution is 2.30. The van der Waals surface area contributed by atoms with E-state index in [2.05, 4.69) is 10.00 Å². The van der Waals surface area contributed by atoms with Crippen molar-refractivity contribution >= 4 is 17.5 Å². The Hall–Kier alpha value is -2.87. The van der Waals surface area contributed by atoms with Gasteiger partial charge in [0.1, 0.15) is 5.92 Å². The molecule has 0 radical (unpaired) electrons. The number of rotatable bonds is 3. The summed E-state index contributed by atoms with van der Waals surface area (Å²) in [6, 6.07) is 7.89. The van der Waals surface area contributed by atoms with E-state index in [9.17, 15) is 9.59 Å². The van der Waals surface area contributed by atoms with E-state index >= 15 is 0 Å². The second kappa shape index (κ2) is 8.34. The van der Waals surface area contributed by atoms with Crippen LogP contribution in [0.2, 0.25) is 0 Å². The lowest BCUT2D eigenvalue weighted by Crippen LogP contribution is -2.48. The van der Waals surface area contributed by atoms with Gasteiger partial charge in [-0.15, -0.1) is 0 Å². The summed E-state index contributed by atoms with van der Waals surface area (Å²) in [6.45, 7) is 5.27. The Labute approximate surface area is 182 Å². The van der Waals surface area contributed by atoms with Crippen molar-refractivity contribution in [2.24, 2.45) is 7.05 Å². The average Bonchev–Trinajstić information content (AvgIpc) is 3.47. The SMILES string of the molecule is Cn1cc2c(n1)[C@H](C(=O)N1CCOCC1)CN(C(=O)c1ccc(N3CCCC3)cc1)C2. The van der Waals surface area contributed by atoms with Gasteiger partial charge in [-0.3, -0.25) is 14.3 Å². The summed E-state index contributed by atoms with van der Waals surface area (Å²) in [6.07, 6.45) is 4.37. The Bertz CT molecular complexity index is 958. The molecule has 0 N–H and O–H groups in total. The van der Waals surface area contributed by atoms with Gasteiger partial charge in [0.15, 0.2) is 0 Å². The summed E-state index contributed by atoms with van der Waals surface area (Å²) in [5, 5.41) is 4.57. The number of morpholine rings is 1. The van der Waals surface area contributed by atoms with Gasteiger partial charge < -0.3 is 19.4 Å². The smallest absolute Gasteiger partial charge is 0.254 e. The molecule has 8 nitrogen and oxygen atoms in total. The van der Waals surface area contributed by atoms with Crippen LogP contribution in [0.25, 0.3) is 0 Å². The fraction of sp³-hybridized carbons (Fsp3) is 0.522. The van der Waals surface area contributed by atoms with Crippen LogP contribution in [0, 0.1) is 0 Å². The van der Waals surface area contributed by atoms with E-state index in [1.807, 2.05) is 42.4 Å². The zero-order valence-electron chi connectivity index (χ0n) is 18.0. The van der Waals surface area contributed by atoms with Crippen LogP contribution in [-0.4, -0.2) is 77.3 Å². The van der Waals surface area contributed by atoms with E-state index < -0.39 is 5.92 Å². The number of anilines is 1. The number of carbonyl (C=O) groups is 2. The first-order valence-electron chi connectivity index (χ1n) is 11.1. The molecule has 1 atom stereocenters. The van der Waals surface area contributed by atoms with Gasteiger partial charge in [0, 0.05) is 69.3 Å². The molecule has 3 aliphatic rings. The molecular formula is C23H29N5O3. The van der Waals surface area contributed by atoms with Crippen molar-refractivity contribution in [3.8, 4) is 0 Å². The molecule has 164 valence electrons. The van der Waals surface area contributed by atoms with Gasteiger partial charge in [-0.1, -0.05) is 0 Å². The summed E-state index contributed by atoms with van der Waals surface area (Å²) < 4.78 is 7.13. The van der Waals surface area contributed by atoms with E-state index in [-0.39, 0.29) is 11.8 Å². The summed E-state index contributed by atoms with van der Waals surface area (Å²) in [7, 11) is 1.86. The van der Waals surface area contributed by atoms with Crippen molar-refractivity contribution in [1.29, 1.82) is 0 Å². The first kappa shape index (κ1) is 20.1. The Morgan fingerprint density at radius 3 is 2.42 bits per heavy atom. The van der Waals surface area contributed by atoms with Gasteiger partial charge in [-0.2, -0.15) is 5.10 Å². The Morgan fingerprint density at radius 1 is 1.00 bits per heavy atom. The van der Waals surface area contributed by atoms with Crippen molar-refractivity contribution in [1.82, 2.24) is 19.6 Å². The molecule has 0 saturated carbocycles. The minimum absolute atomic E-state index is 0.0325. The Kier molecular flexibility index (Phi) is 5.40. The van der Waals surface area contributed by atoms with Crippen LogP contribution in [-0.2, 0) is 23.1 Å². The van der Waals surface area contributed by atoms with E-state index in [0.29, 0.717) is 45.0 Å². The van der Waals surface area contributed by atoms with E-state index in [4.69, 9.17) is 4.74 Å². The number of ether oxygens (including phenoxy) is 1. The largest absolute Gasteiger partial charge is 0.378 e. The molecule has 31 heavy (non-hydrogen) atoms. The molecule has 2 amide bonds. The third kappa shape index (κ3) is 3.92. The molecule has 3 aliphatic heterocycles. The molecule has 0 spiro atoms. The lowest BCUT2D eigenvalue weighted by molar-refractivity contribution is -0.137. The van der Waals surface area contributed by atoms with Crippen molar-refractivity contribution in [3.63, 3.8) is 0 Å². The van der Waals surface area contributed by atoms with Crippen LogP contribution in [0.15, 0.2) is 30.5 Å². The van der Waals surface area contributed by atoms with Crippen molar-refractivity contribution in [2.45, 2.75) is 25.3 Å². The summed E-state index contributed by atoms with van der Waals surface area (Å²) in [5.74, 6) is -0.441. The molecular weight excluding hydrogens is 394 g/mol. The quantitative estimate of drug-likeness (QED) is 0.750. The van der Waals surface area contributed by atoms with Crippen LogP contribution in [0.1, 0.15) is 40.4 Å². The van der Waals surface area contributed by atoms with Crippen LogP contribution in [0.4, 0.5) is 5.69 Å². The number of carbonyl (C=O) groups excluding carboxylic acids is 2. The van der Waals surface area contributed by atoms with Gasteiger partial charge in [-0.05, 0) is 37.1 Å². The van der Waals surface area contributed by atoms with Crippen LogP contribution >= 0.6 is 0 Å². The van der Waals surface area contributed by atoms with Gasteiger partial charge in [0.05, 0.1) is 18.9 Å². The van der Waals surface area contributed by atoms with Crippen LogP contribution < -0.4 is 4.90 Å².